The fourth-order valence-corrected chi connectivity index (χ4v) is 4.42. The average molecular weight is 435 g/mol. The highest BCUT2D eigenvalue weighted by Crippen LogP contribution is 2.51. The van der Waals surface area contributed by atoms with Gasteiger partial charge in [0.15, 0.2) is 11.5 Å². The zero-order valence-electron chi connectivity index (χ0n) is 17.4. The Balaban J connectivity index is 1.60. The number of hydrogen-bond donors (Lipinski definition) is 0. The minimum atomic E-state index is -0.441. The van der Waals surface area contributed by atoms with Crippen molar-refractivity contribution in [3.63, 3.8) is 0 Å². The van der Waals surface area contributed by atoms with Gasteiger partial charge in [0.05, 0.1) is 25.5 Å². The molecule has 5 rings (SSSR count). The SMILES string of the molecule is CCOc1cccc2c1OC(c1ccccc1Cl)N1N=C(c3ccc(OC)cc3)CC21. The molecule has 0 radical (unpaired) electrons. The third-order valence-electron chi connectivity index (χ3n) is 5.67. The van der Waals surface area contributed by atoms with Crippen LogP contribution >= 0.6 is 11.6 Å². The maximum absolute atomic E-state index is 6.56. The van der Waals surface area contributed by atoms with E-state index < -0.39 is 6.23 Å². The van der Waals surface area contributed by atoms with Gasteiger partial charge in [0.2, 0.25) is 6.23 Å². The number of hydrogen-bond acceptors (Lipinski definition) is 5. The molecule has 6 heteroatoms. The van der Waals surface area contributed by atoms with Crippen LogP contribution in [0.3, 0.4) is 0 Å². The highest BCUT2D eigenvalue weighted by atomic mass is 35.5. The molecule has 0 amide bonds. The summed E-state index contributed by atoms with van der Waals surface area (Å²) in [6, 6.07) is 21.8. The molecule has 0 fully saturated rings. The molecule has 2 aliphatic rings. The van der Waals surface area contributed by atoms with Crippen molar-refractivity contribution in [3.05, 3.63) is 88.4 Å². The molecule has 2 atom stereocenters. The van der Waals surface area contributed by atoms with Crippen LogP contribution in [0.15, 0.2) is 71.8 Å². The van der Waals surface area contributed by atoms with Crippen LogP contribution in [-0.2, 0) is 0 Å². The molecule has 0 aliphatic carbocycles. The first-order chi connectivity index (χ1) is 15.2. The second kappa shape index (κ2) is 8.16. The lowest BCUT2D eigenvalue weighted by atomic mass is 9.95. The number of halogens is 1. The molecular formula is C25H23ClN2O3. The Labute approximate surface area is 186 Å². The van der Waals surface area contributed by atoms with Crippen molar-refractivity contribution in [1.29, 1.82) is 0 Å². The monoisotopic (exact) mass is 434 g/mol. The zero-order valence-corrected chi connectivity index (χ0v) is 18.2. The van der Waals surface area contributed by atoms with Crippen molar-refractivity contribution in [2.24, 2.45) is 5.10 Å². The van der Waals surface area contributed by atoms with E-state index in [1.807, 2.05) is 72.6 Å². The van der Waals surface area contributed by atoms with Gasteiger partial charge in [-0.2, -0.15) is 5.10 Å². The highest BCUT2D eigenvalue weighted by Gasteiger charge is 2.42. The van der Waals surface area contributed by atoms with Crippen LogP contribution in [0, 0.1) is 0 Å². The van der Waals surface area contributed by atoms with Gasteiger partial charge in [-0.25, -0.2) is 5.01 Å². The first kappa shape index (κ1) is 19.8. The third kappa shape index (κ3) is 3.49. The average Bonchev–Trinajstić information content (AvgIpc) is 3.25. The number of ether oxygens (including phenoxy) is 3. The summed E-state index contributed by atoms with van der Waals surface area (Å²) in [6.45, 7) is 2.54. The van der Waals surface area contributed by atoms with Crippen molar-refractivity contribution in [1.82, 2.24) is 5.01 Å². The zero-order chi connectivity index (χ0) is 21.4. The van der Waals surface area contributed by atoms with Crippen molar-refractivity contribution in [3.8, 4) is 17.2 Å². The second-order valence-electron chi connectivity index (χ2n) is 7.47. The van der Waals surface area contributed by atoms with Gasteiger partial charge >= 0.3 is 0 Å². The first-order valence-electron chi connectivity index (χ1n) is 10.4. The van der Waals surface area contributed by atoms with E-state index in [9.17, 15) is 0 Å². The summed E-state index contributed by atoms with van der Waals surface area (Å²) in [7, 11) is 1.67. The van der Waals surface area contributed by atoms with Gasteiger partial charge in [-0.1, -0.05) is 41.9 Å². The van der Waals surface area contributed by atoms with Crippen LogP contribution in [0.4, 0.5) is 0 Å². The Hall–Kier alpha value is -3.18. The molecule has 2 unspecified atom stereocenters. The topological polar surface area (TPSA) is 43.3 Å². The van der Waals surface area contributed by atoms with Gasteiger partial charge < -0.3 is 14.2 Å². The van der Waals surface area contributed by atoms with E-state index in [1.54, 1.807) is 7.11 Å². The lowest BCUT2D eigenvalue weighted by Crippen LogP contribution is -2.34. The van der Waals surface area contributed by atoms with Gasteiger partial charge in [0.1, 0.15) is 5.75 Å². The van der Waals surface area contributed by atoms with Crippen LogP contribution in [0.1, 0.15) is 42.3 Å². The molecule has 5 nitrogen and oxygen atoms in total. The van der Waals surface area contributed by atoms with Crippen LogP contribution in [0.25, 0.3) is 0 Å². The fraction of sp³-hybridized carbons (Fsp3) is 0.240. The number of methoxy groups -OCH3 is 1. The molecule has 0 saturated carbocycles. The molecule has 31 heavy (non-hydrogen) atoms. The third-order valence-corrected chi connectivity index (χ3v) is 6.02. The number of rotatable bonds is 5. The number of hydrazone groups is 1. The van der Waals surface area contributed by atoms with Gasteiger partial charge in [0, 0.05) is 22.6 Å². The molecule has 0 N–H and O–H groups in total. The van der Waals surface area contributed by atoms with Crippen molar-refractivity contribution in [2.45, 2.75) is 25.6 Å². The van der Waals surface area contributed by atoms with Crippen LogP contribution in [0.2, 0.25) is 5.02 Å². The number of nitrogens with zero attached hydrogens (tertiary/aromatic N) is 2. The summed E-state index contributed by atoms with van der Waals surface area (Å²) in [4.78, 5) is 0. The number of fused-ring (bicyclic) bond motifs is 3. The van der Waals surface area contributed by atoms with Crippen molar-refractivity contribution in [2.75, 3.05) is 13.7 Å². The number of benzene rings is 3. The molecular weight excluding hydrogens is 412 g/mol. The predicted molar refractivity (Wildman–Crippen MR) is 121 cm³/mol. The smallest absolute Gasteiger partial charge is 0.215 e. The normalized spacial score (nSPS) is 19.2. The Kier molecular flexibility index (Phi) is 5.20. The summed E-state index contributed by atoms with van der Waals surface area (Å²) in [5.74, 6) is 2.33. The molecule has 2 heterocycles. The molecule has 158 valence electrons. The minimum Gasteiger partial charge on any atom is -0.497 e. The maximum Gasteiger partial charge on any atom is 0.215 e. The molecule has 3 aromatic rings. The molecule has 0 aromatic heterocycles. The van der Waals surface area contributed by atoms with Crippen molar-refractivity contribution < 1.29 is 14.2 Å². The van der Waals surface area contributed by atoms with E-state index in [0.29, 0.717) is 11.6 Å². The minimum absolute atomic E-state index is 0.0301. The predicted octanol–water partition coefficient (Wildman–Crippen LogP) is 5.99. The summed E-state index contributed by atoms with van der Waals surface area (Å²) < 4.78 is 17.7. The van der Waals surface area contributed by atoms with Crippen LogP contribution in [-0.4, -0.2) is 24.4 Å². The van der Waals surface area contributed by atoms with E-state index in [1.165, 1.54) is 0 Å². The highest BCUT2D eigenvalue weighted by molar-refractivity contribution is 6.31. The number of para-hydroxylation sites is 1. The second-order valence-corrected chi connectivity index (χ2v) is 7.88. The maximum atomic E-state index is 6.56. The van der Waals surface area contributed by atoms with Gasteiger partial charge in [-0.15, -0.1) is 0 Å². The van der Waals surface area contributed by atoms with Gasteiger partial charge in [-0.05, 0) is 48.9 Å². The Bertz CT molecular complexity index is 1130. The summed E-state index contributed by atoms with van der Waals surface area (Å²) >= 11 is 6.56. The molecule has 2 aliphatic heterocycles. The summed E-state index contributed by atoms with van der Waals surface area (Å²) in [5, 5.41) is 7.67. The summed E-state index contributed by atoms with van der Waals surface area (Å²) in [5.41, 5.74) is 4.02. The Morgan fingerprint density at radius 2 is 1.81 bits per heavy atom. The molecule has 3 aromatic carbocycles. The lowest BCUT2D eigenvalue weighted by molar-refractivity contribution is -0.0211. The first-order valence-corrected chi connectivity index (χ1v) is 10.7. The van der Waals surface area contributed by atoms with E-state index in [0.717, 1.165) is 46.1 Å². The van der Waals surface area contributed by atoms with Crippen LogP contribution < -0.4 is 14.2 Å². The standard InChI is InChI=1S/C25H23ClN2O3/c1-3-30-23-10-6-8-19-22-15-21(16-11-13-17(29-2)14-12-16)27-28(22)25(31-24(19)23)18-7-4-5-9-20(18)26/h4-14,22,25H,3,15H2,1-2H3. The Morgan fingerprint density at radius 1 is 1.03 bits per heavy atom. The van der Waals surface area contributed by atoms with Crippen LogP contribution in [0.5, 0.6) is 17.2 Å². The van der Waals surface area contributed by atoms with E-state index in [4.69, 9.17) is 30.9 Å². The lowest BCUT2D eigenvalue weighted by Gasteiger charge is -2.39. The summed E-state index contributed by atoms with van der Waals surface area (Å²) in [6.07, 6.45) is 0.322. The largest absolute Gasteiger partial charge is 0.497 e. The van der Waals surface area contributed by atoms with Crippen molar-refractivity contribution >= 4 is 17.3 Å². The molecule has 0 spiro atoms. The van der Waals surface area contributed by atoms with Gasteiger partial charge in [-0.3, -0.25) is 0 Å². The quantitative estimate of drug-likeness (QED) is 0.494. The van der Waals surface area contributed by atoms with E-state index in [-0.39, 0.29) is 6.04 Å². The fourth-order valence-electron chi connectivity index (χ4n) is 4.19. The van der Waals surface area contributed by atoms with Gasteiger partial charge in [0.25, 0.3) is 0 Å². The van der Waals surface area contributed by atoms with E-state index >= 15 is 0 Å². The Morgan fingerprint density at radius 3 is 2.55 bits per heavy atom. The van der Waals surface area contributed by atoms with E-state index in [2.05, 4.69) is 6.07 Å². The molecule has 0 bridgehead atoms. The molecule has 0 saturated heterocycles.